The third-order valence-electron chi connectivity index (χ3n) is 2.67. The minimum absolute atomic E-state index is 0.510. The van der Waals surface area contributed by atoms with Crippen molar-refractivity contribution in [1.82, 2.24) is 14.8 Å². The van der Waals surface area contributed by atoms with Crippen molar-refractivity contribution >= 4 is 11.3 Å². The van der Waals surface area contributed by atoms with Gasteiger partial charge in [-0.25, -0.2) is 4.98 Å². The molecule has 0 aliphatic heterocycles. The number of thiazole rings is 1. The van der Waals surface area contributed by atoms with E-state index in [1.807, 2.05) is 32.5 Å². The summed E-state index contributed by atoms with van der Waals surface area (Å²) in [5, 5.41) is 17.5. The van der Waals surface area contributed by atoms with E-state index in [-0.39, 0.29) is 0 Å². The van der Waals surface area contributed by atoms with Crippen LogP contribution in [0, 0.1) is 6.92 Å². The van der Waals surface area contributed by atoms with Gasteiger partial charge in [0.25, 0.3) is 0 Å². The summed E-state index contributed by atoms with van der Waals surface area (Å²) in [6.07, 6.45) is 2.79. The number of aromatic nitrogens is 3. The Bertz CT molecular complexity index is 504. The molecule has 0 spiro atoms. The van der Waals surface area contributed by atoms with Crippen LogP contribution < -0.4 is 0 Å². The largest absolute Gasteiger partial charge is 0.388 e. The van der Waals surface area contributed by atoms with Gasteiger partial charge in [-0.3, -0.25) is 4.68 Å². The number of rotatable bonds is 4. The van der Waals surface area contributed by atoms with E-state index in [9.17, 15) is 5.11 Å². The highest BCUT2D eigenvalue weighted by Gasteiger charge is 2.16. The molecular formula is C12H17N3OS. The molecule has 1 unspecified atom stereocenters. The van der Waals surface area contributed by atoms with E-state index in [1.54, 1.807) is 16.0 Å². The average Bonchev–Trinajstić information content (AvgIpc) is 2.84. The summed E-state index contributed by atoms with van der Waals surface area (Å²) < 4.78 is 1.75. The first-order valence-corrected chi connectivity index (χ1v) is 6.59. The van der Waals surface area contributed by atoms with Crippen molar-refractivity contribution in [2.45, 2.75) is 32.8 Å². The van der Waals surface area contributed by atoms with Crippen LogP contribution in [0.2, 0.25) is 0 Å². The van der Waals surface area contributed by atoms with E-state index in [2.05, 4.69) is 10.1 Å². The summed E-state index contributed by atoms with van der Waals surface area (Å²) >= 11 is 1.59. The quantitative estimate of drug-likeness (QED) is 0.904. The Morgan fingerprint density at radius 2 is 2.29 bits per heavy atom. The van der Waals surface area contributed by atoms with Gasteiger partial charge in [0.1, 0.15) is 0 Å². The first-order valence-electron chi connectivity index (χ1n) is 5.71. The van der Waals surface area contributed by atoms with Crippen LogP contribution in [-0.2, 0) is 19.9 Å². The van der Waals surface area contributed by atoms with Gasteiger partial charge in [0.15, 0.2) is 0 Å². The maximum absolute atomic E-state index is 10.2. The lowest BCUT2D eigenvalue weighted by molar-refractivity contribution is 0.177. The number of aryl methyl sites for hydroxylation is 3. The lowest BCUT2D eigenvalue weighted by Gasteiger charge is -2.07. The summed E-state index contributed by atoms with van der Waals surface area (Å²) in [4.78, 5) is 4.37. The van der Waals surface area contributed by atoms with Crippen LogP contribution in [0.1, 0.15) is 35.0 Å². The Hall–Kier alpha value is -1.20. The van der Waals surface area contributed by atoms with Crippen LogP contribution >= 0.6 is 11.3 Å². The van der Waals surface area contributed by atoms with E-state index >= 15 is 0 Å². The molecular weight excluding hydrogens is 234 g/mol. The predicted molar refractivity (Wildman–Crippen MR) is 68.1 cm³/mol. The Kier molecular flexibility index (Phi) is 3.59. The van der Waals surface area contributed by atoms with Crippen molar-refractivity contribution in [2.75, 3.05) is 0 Å². The fraction of sp³-hybridized carbons (Fsp3) is 0.500. The number of hydrogen-bond donors (Lipinski definition) is 1. The van der Waals surface area contributed by atoms with Crippen LogP contribution in [0.5, 0.6) is 0 Å². The number of hydrogen-bond acceptors (Lipinski definition) is 4. The second-order valence-electron chi connectivity index (χ2n) is 4.16. The number of aliphatic hydroxyl groups excluding tert-OH is 1. The van der Waals surface area contributed by atoms with E-state index in [0.717, 1.165) is 28.4 Å². The highest BCUT2D eigenvalue weighted by Crippen LogP contribution is 2.23. The van der Waals surface area contributed by atoms with Gasteiger partial charge >= 0.3 is 0 Å². The second kappa shape index (κ2) is 4.98. The normalized spacial score (nSPS) is 12.9. The first kappa shape index (κ1) is 12.3. The molecule has 2 rings (SSSR count). The Labute approximate surface area is 105 Å². The van der Waals surface area contributed by atoms with E-state index in [4.69, 9.17) is 0 Å². The maximum atomic E-state index is 10.2. The van der Waals surface area contributed by atoms with Gasteiger partial charge < -0.3 is 5.11 Å². The zero-order valence-corrected chi connectivity index (χ0v) is 11.2. The summed E-state index contributed by atoms with van der Waals surface area (Å²) in [6.45, 7) is 4.01. The molecule has 0 amide bonds. The van der Waals surface area contributed by atoms with Gasteiger partial charge in [-0.05, 0) is 13.3 Å². The summed E-state index contributed by atoms with van der Waals surface area (Å²) in [5.74, 6) is 0. The highest BCUT2D eigenvalue weighted by atomic mass is 32.1. The van der Waals surface area contributed by atoms with Crippen LogP contribution in [0.15, 0.2) is 11.6 Å². The van der Waals surface area contributed by atoms with Crippen molar-refractivity contribution in [3.63, 3.8) is 0 Å². The van der Waals surface area contributed by atoms with E-state index in [0.29, 0.717) is 6.42 Å². The Morgan fingerprint density at radius 1 is 1.53 bits per heavy atom. The maximum Gasteiger partial charge on any atom is 0.0957 e. The standard InChI is InChI=1S/C12H17N3OS/c1-4-10-9(6-15(3)14-10)11(16)5-12-13-8(2)7-17-12/h6-7,11,16H,4-5H2,1-3H3. The van der Waals surface area contributed by atoms with Crippen molar-refractivity contribution in [1.29, 1.82) is 0 Å². The Morgan fingerprint density at radius 3 is 2.88 bits per heavy atom. The van der Waals surface area contributed by atoms with Gasteiger partial charge in [-0.2, -0.15) is 5.10 Å². The first-order chi connectivity index (χ1) is 8.10. The molecule has 0 aliphatic rings. The molecule has 0 bridgehead atoms. The molecule has 2 aromatic heterocycles. The van der Waals surface area contributed by atoms with Gasteiger partial charge in [-0.1, -0.05) is 6.92 Å². The SMILES string of the molecule is CCc1nn(C)cc1C(O)Cc1nc(C)cs1. The van der Waals surface area contributed by atoms with Crippen LogP contribution in [0.3, 0.4) is 0 Å². The van der Waals surface area contributed by atoms with E-state index in [1.165, 1.54) is 0 Å². The van der Waals surface area contributed by atoms with Crippen LogP contribution in [0.25, 0.3) is 0 Å². The monoisotopic (exact) mass is 251 g/mol. The molecule has 0 radical (unpaired) electrons. The highest BCUT2D eigenvalue weighted by molar-refractivity contribution is 7.09. The number of aliphatic hydroxyl groups is 1. The summed E-state index contributed by atoms with van der Waals surface area (Å²) in [7, 11) is 1.88. The fourth-order valence-corrected chi connectivity index (χ4v) is 2.69. The molecule has 0 saturated carbocycles. The summed E-state index contributed by atoms with van der Waals surface area (Å²) in [5.41, 5.74) is 2.90. The molecule has 0 fully saturated rings. The van der Waals surface area contributed by atoms with Crippen LogP contribution in [-0.4, -0.2) is 19.9 Å². The summed E-state index contributed by atoms with van der Waals surface area (Å²) in [6, 6.07) is 0. The molecule has 1 N–H and O–H groups in total. The average molecular weight is 251 g/mol. The van der Waals surface area contributed by atoms with Gasteiger partial charge in [-0.15, -0.1) is 11.3 Å². The third-order valence-corrected chi connectivity index (χ3v) is 3.66. The van der Waals surface area contributed by atoms with Crippen LogP contribution in [0.4, 0.5) is 0 Å². The lowest BCUT2D eigenvalue weighted by atomic mass is 10.1. The molecule has 17 heavy (non-hydrogen) atoms. The van der Waals surface area contributed by atoms with Crippen molar-refractivity contribution in [2.24, 2.45) is 7.05 Å². The zero-order valence-electron chi connectivity index (χ0n) is 10.3. The Balaban J connectivity index is 2.16. The minimum Gasteiger partial charge on any atom is -0.388 e. The zero-order chi connectivity index (χ0) is 12.4. The molecule has 0 aromatic carbocycles. The topological polar surface area (TPSA) is 50.9 Å². The smallest absolute Gasteiger partial charge is 0.0957 e. The number of nitrogens with zero attached hydrogens (tertiary/aromatic N) is 3. The van der Waals surface area contributed by atoms with Gasteiger partial charge in [0, 0.05) is 36.3 Å². The lowest BCUT2D eigenvalue weighted by Crippen LogP contribution is -2.03. The molecule has 1 atom stereocenters. The minimum atomic E-state index is -0.510. The fourth-order valence-electron chi connectivity index (χ4n) is 1.88. The third kappa shape index (κ3) is 2.73. The molecule has 92 valence electrons. The molecule has 0 aliphatic carbocycles. The molecule has 5 heteroatoms. The van der Waals surface area contributed by atoms with Gasteiger partial charge in [0.05, 0.1) is 16.8 Å². The molecule has 0 saturated heterocycles. The second-order valence-corrected chi connectivity index (χ2v) is 5.10. The predicted octanol–water partition coefficient (Wildman–Crippen LogP) is 2.02. The molecule has 4 nitrogen and oxygen atoms in total. The van der Waals surface area contributed by atoms with Gasteiger partial charge in [0.2, 0.25) is 0 Å². The molecule has 2 heterocycles. The van der Waals surface area contributed by atoms with E-state index < -0.39 is 6.10 Å². The molecule has 2 aromatic rings. The van der Waals surface area contributed by atoms with Crippen molar-refractivity contribution in [3.05, 3.63) is 33.5 Å². The van der Waals surface area contributed by atoms with Crippen molar-refractivity contribution < 1.29 is 5.11 Å². The van der Waals surface area contributed by atoms with Crippen molar-refractivity contribution in [3.8, 4) is 0 Å².